The third kappa shape index (κ3) is 4.97. The Balaban J connectivity index is 1.11. The number of sulfonamides is 1. The molecule has 0 spiro atoms. The van der Waals surface area contributed by atoms with E-state index in [0.29, 0.717) is 22.8 Å². The van der Waals surface area contributed by atoms with Gasteiger partial charge in [-0.05, 0) is 48.5 Å². The maximum atomic E-state index is 13.7. The highest BCUT2D eigenvalue weighted by atomic mass is 35.5. The minimum Gasteiger partial charge on any atom is -0.336 e. The Morgan fingerprint density at radius 3 is 2.05 bits per heavy atom. The van der Waals surface area contributed by atoms with Crippen molar-refractivity contribution in [3.63, 3.8) is 0 Å². The highest BCUT2D eigenvalue weighted by molar-refractivity contribution is 7.89. The van der Waals surface area contributed by atoms with Crippen LogP contribution in [0, 0.1) is 0 Å². The Labute approximate surface area is 253 Å². The van der Waals surface area contributed by atoms with Crippen LogP contribution in [-0.2, 0) is 16.6 Å². The van der Waals surface area contributed by atoms with Crippen molar-refractivity contribution in [3.05, 3.63) is 120 Å². The zero-order valence-corrected chi connectivity index (χ0v) is 24.6. The van der Waals surface area contributed by atoms with E-state index < -0.39 is 10.0 Å². The minimum absolute atomic E-state index is 0.182. The van der Waals surface area contributed by atoms with Crippen molar-refractivity contribution in [2.75, 3.05) is 26.2 Å². The van der Waals surface area contributed by atoms with Crippen LogP contribution in [0.2, 0.25) is 5.02 Å². The Bertz CT molecular complexity index is 2030. The van der Waals surface area contributed by atoms with Crippen LogP contribution in [0.5, 0.6) is 0 Å². The molecule has 1 fully saturated rings. The predicted octanol–water partition coefficient (Wildman–Crippen LogP) is 5.22. The van der Waals surface area contributed by atoms with E-state index >= 15 is 0 Å². The number of hydrogen-bond acceptors (Lipinski definition) is 5. The van der Waals surface area contributed by atoms with Crippen molar-refractivity contribution in [2.24, 2.45) is 0 Å². The van der Waals surface area contributed by atoms with E-state index in [1.165, 1.54) is 27.2 Å². The summed E-state index contributed by atoms with van der Waals surface area (Å²) in [6.07, 6.45) is 1.85. The molecule has 43 heavy (non-hydrogen) atoms. The van der Waals surface area contributed by atoms with Crippen LogP contribution in [0.4, 0.5) is 0 Å². The second-order valence-corrected chi connectivity index (χ2v) is 12.8. The largest absolute Gasteiger partial charge is 0.336 e. The van der Waals surface area contributed by atoms with Gasteiger partial charge in [-0.25, -0.2) is 13.1 Å². The second-order valence-electron chi connectivity index (χ2n) is 10.4. The zero-order valence-electron chi connectivity index (χ0n) is 23.0. The molecule has 1 aliphatic heterocycles. The molecule has 1 amide bonds. The molecule has 0 saturated carbocycles. The van der Waals surface area contributed by atoms with Crippen molar-refractivity contribution in [2.45, 2.75) is 11.4 Å². The molecule has 11 heteroatoms. The molecule has 2 aromatic heterocycles. The number of nitrogens with zero attached hydrogens (tertiary/aromatic N) is 6. The lowest BCUT2D eigenvalue weighted by Crippen LogP contribution is -2.50. The van der Waals surface area contributed by atoms with E-state index in [0.717, 1.165) is 16.7 Å². The lowest BCUT2D eigenvalue weighted by Gasteiger charge is -2.34. The first-order valence-electron chi connectivity index (χ1n) is 13.9. The van der Waals surface area contributed by atoms with Crippen LogP contribution in [-0.4, -0.2) is 69.3 Å². The molecule has 0 N–H and O–H groups in total. The number of benzene rings is 4. The third-order valence-electron chi connectivity index (χ3n) is 7.90. The number of halogens is 1. The molecule has 0 aliphatic carbocycles. The van der Waals surface area contributed by atoms with Gasteiger partial charge in [0.05, 0.1) is 28.9 Å². The lowest BCUT2D eigenvalue weighted by atomic mass is 10.1. The van der Waals surface area contributed by atoms with Crippen LogP contribution in [0.25, 0.3) is 27.5 Å². The molecule has 1 saturated heterocycles. The number of carbonyl (C=O) groups excluding carboxylic acids is 1. The molecule has 0 atom stereocenters. The minimum atomic E-state index is -3.68. The Kier molecular flexibility index (Phi) is 6.97. The van der Waals surface area contributed by atoms with Crippen molar-refractivity contribution in [3.8, 4) is 5.69 Å². The first kappa shape index (κ1) is 27.3. The quantitative estimate of drug-likeness (QED) is 0.258. The Hall–Kier alpha value is -4.51. The molecule has 0 unspecified atom stereocenters. The Morgan fingerprint density at radius 2 is 1.37 bits per heavy atom. The lowest BCUT2D eigenvalue weighted by molar-refractivity contribution is 0.0697. The summed E-state index contributed by atoms with van der Waals surface area (Å²) in [4.78, 5) is 15.6. The first-order valence-corrected chi connectivity index (χ1v) is 15.7. The van der Waals surface area contributed by atoms with Crippen molar-refractivity contribution >= 4 is 49.3 Å². The molecule has 7 rings (SSSR count). The van der Waals surface area contributed by atoms with E-state index in [2.05, 4.69) is 39.1 Å². The molecule has 216 valence electrons. The normalized spacial score (nSPS) is 14.5. The fraction of sp³-hybridized carbons (Fsp3) is 0.156. The van der Waals surface area contributed by atoms with Gasteiger partial charge in [-0.15, -0.1) is 5.10 Å². The van der Waals surface area contributed by atoms with Gasteiger partial charge >= 0.3 is 0 Å². The third-order valence-corrected chi connectivity index (χ3v) is 10.1. The summed E-state index contributed by atoms with van der Waals surface area (Å²) in [6.45, 7) is 1.47. The first-order chi connectivity index (χ1) is 20.9. The topological polar surface area (TPSA) is 93.3 Å². The number of para-hydroxylation sites is 3. The predicted molar refractivity (Wildman–Crippen MR) is 166 cm³/mol. The summed E-state index contributed by atoms with van der Waals surface area (Å²) >= 11 is 5.93. The summed E-state index contributed by atoms with van der Waals surface area (Å²) in [6, 6.07) is 30.0. The smallest absolute Gasteiger partial charge is 0.256 e. The Morgan fingerprint density at radius 1 is 0.767 bits per heavy atom. The molecule has 1 aliphatic rings. The number of carbonyl (C=O) groups is 1. The standard InChI is InChI=1S/C32H27ClN6O3S/c33-23-13-15-25(16-14-23)43(41,42)37-19-17-36(18-20-37)32(40)28-9-3-6-12-31(28)39-22-24(34-35-39)21-38-29-10-4-1-7-26(29)27-8-2-5-11-30(27)38/h1-16,22H,17-21H2. The van der Waals surface area contributed by atoms with Crippen LogP contribution in [0.3, 0.4) is 0 Å². The second kappa shape index (κ2) is 11.0. The van der Waals surface area contributed by atoms with Gasteiger partial charge in [0, 0.05) is 53.0 Å². The van der Waals surface area contributed by atoms with E-state index in [4.69, 9.17) is 11.6 Å². The van der Waals surface area contributed by atoms with E-state index in [1.54, 1.807) is 27.8 Å². The molecule has 3 heterocycles. The number of piperazine rings is 1. The number of fused-ring (bicyclic) bond motifs is 3. The highest BCUT2D eigenvalue weighted by Crippen LogP contribution is 2.29. The number of rotatable bonds is 6. The van der Waals surface area contributed by atoms with Gasteiger partial charge < -0.3 is 9.47 Å². The van der Waals surface area contributed by atoms with Gasteiger partial charge in [0.25, 0.3) is 5.91 Å². The number of aromatic nitrogens is 4. The monoisotopic (exact) mass is 610 g/mol. The van der Waals surface area contributed by atoms with Crippen LogP contribution in [0.15, 0.2) is 108 Å². The molecule has 0 bridgehead atoms. The summed E-state index contributed by atoms with van der Waals surface area (Å²) in [5, 5.41) is 11.7. The summed E-state index contributed by atoms with van der Waals surface area (Å²) in [5.74, 6) is -0.182. The molecular weight excluding hydrogens is 584 g/mol. The van der Waals surface area contributed by atoms with Crippen LogP contribution < -0.4 is 0 Å². The van der Waals surface area contributed by atoms with Crippen LogP contribution >= 0.6 is 11.6 Å². The van der Waals surface area contributed by atoms with E-state index in [-0.39, 0.29) is 37.0 Å². The van der Waals surface area contributed by atoms with Gasteiger partial charge in [0.15, 0.2) is 0 Å². The summed E-state index contributed by atoms with van der Waals surface area (Å²) in [7, 11) is -3.68. The summed E-state index contributed by atoms with van der Waals surface area (Å²) in [5.41, 5.74) is 4.08. The maximum absolute atomic E-state index is 13.7. The average molecular weight is 611 g/mol. The van der Waals surface area contributed by atoms with Gasteiger partial charge in [-0.3, -0.25) is 4.79 Å². The fourth-order valence-corrected chi connectivity index (χ4v) is 7.28. The van der Waals surface area contributed by atoms with Crippen molar-refractivity contribution < 1.29 is 13.2 Å². The molecule has 6 aromatic rings. The average Bonchev–Trinajstić information content (AvgIpc) is 3.64. The molecule has 4 aromatic carbocycles. The van der Waals surface area contributed by atoms with Gasteiger partial charge in [0.2, 0.25) is 10.0 Å². The van der Waals surface area contributed by atoms with Gasteiger partial charge in [0.1, 0.15) is 5.69 Å². The summed E-state index contributed by atoms with van der Waals surface area (Å²) < 4.78 is 31.5. The highest BCUT2D eigenvalue weighted by Gasteiger charge is 2.31. The molecular formula is C32H27ClN6O3S. The van der Waals surface area contributed by atoms with Gasteiger partial charge in [-0.1, -0.05) is 65.3 Å². The van der Waals surface area contributed by atoms with Gasteiger partial charge in [-0.2, -0.15) is 4.31 Å². The van der Waals surface area contributed by atoms with Crippen molar-refractivity contribution in [1.82, 2.24) is 28.8 Å². The molecule has 9 nitrogen and oxygen atoms in total. The molecule has 0 radical (unpaired) electrons. The maximum Gasteiger partial charge on any atom is 0.256 e. The number of hydrogen-bond donors (Lipinski definition) is 0. The SMILES string of the molecule is O=C(c1ccccc1-n1cc(Cn2c3ccccc3c3ccccc32)nn1)N1CCN(S(=O)(=O)c2ccc(Cl)cc2)CC1. The van der Waals surface area contributed by atoms with Crippen LogP contribution in [0.1, 0.15) is 16.1 Å². The zero-order chi connectivity index (χ0) is 29.6. The van der Waals surface area contributed by atoms with E-state index in [1.807, 2.05) is 48.7 Å². The number of amides is 1. The van der Waals surface area contributed by atoms with Crippen molar-refractivity contribution in [1.29, 1.82) is 0 Å². The van der Waals surface area contributed by atoms with E-state index in [9.17, 15) is 13.2 Å². The fourth-order valence-electron chi connectivity index (χ4n) is 5.74.